The van der Waals surface area contributed by atoms with Crippen LogP contribution in [-0.4, -0.2) is 19.5 Å². The molecule has 0 atom stereocenters. The maximum Gasteiger partial charge on any atom is 0.249 e. The fraction of sp³-hybridized carbons (Fsp3) is 0.667. The summed E-state index contributed by atoms with van der Waals surface area (Å²) in [7, 11) is -0.714. The van der Waals surface area contributed by atoms with Crippen LogP contribution in [0.3, 0.4) is 0 Å². The van der Waals surface area contributed by atoms with Crippen molar-refractivity contribution in [1.82, 2.24) is 0 Å². The monoisotopic (exact) mass is 176 g/mol. The molecular formula is C6H16O2Si2. The van der Waals surface area contributed by atoms with Crippen molar-refractivity contribution in [2.75, 3.05) is 0 Å². The van der Waals surface area contributed by atoms with Gasteiger partial charge in [0.2, 0.25) is 25.5 Å². The van der Waals surface area contributed by atoms with Crippen molar-refractivity contribution in [2.45, 2.75) is 26.9 Å². The second-order valence-corrected chi connectivity index (χ2v) is 3.89. The van der Waals surface area contributed by atoms with Crippen LogP contribution in [0, 0.1) is 0 Å². The van der Waals surface area contributed by atoms with Crippen LogP contribution in [0.1, 0.15) is 13.8 Å². The van der Waals surface area contributed by atoms with Crippen LogP contribution >= 0.6 is 0 Å². The molecule has 0 rings (SSSR count). The van der Waals surface area contributed by atoms with Crippen LogP contribution in [0.2, 0.25) is 13.1 Å². The van der Waals surface area contributed by atoms with Crippen molar-refractivity contribution in [3.63, 3.8) is 0 Å². The first-order chi connectivity index (χ1) is 4.72. The average molecular weight is 176 g/mol. The van der Waals surface area contributed by atoms with Gasteiger partial charge < -0.3 is 8.85 Å². The molecule has 0 N–H and O–H groups in total. The van der Waals surface area contributed by atoms with E-state index < -0.39 is 0 Å². The van der Waals surface area contributed by atoms with E-state index in [1.54, 1.807) is 0 Å². The SMILES string of the molecule is C[SiH2]OC(O[SiH2]C)=C(C)C. The summed E-state index contributed by atoms with van der Waals surface area (Å²) in [5.41, 5.74) is 1.16. The summed E-state index contributed by atoms with van der Waals surface area (Å²) in [6.07, 6.45) is 0. The minimum absolute atomic E-state index is 0.357. The lowest BCUT2D eigenvalue weighted by Crippen LogP contribution is -2.02. The average Bonchev–Trinajstić information content (AvgIpc) is 1.87. The van der Waals surface area contributed by atoms with E-state index in [4.69, 9.17) is 8.85 Å². The van der Waals surface area contributed by atoms with E-state index in [-0.39, 0.29) is 19.5 Å². The lowest BCUT2D eigenvalue weighted by molar-refractivity contribution is 0.238. The van der Waals surface area contributed by atoms with Crippen molar-refractivity contribution in [2.24, 2.45) is 0 Å². The zero-order valence-corrected chi connectivity index (χ0v) is 10.1. The van der Waals surface area contributed by atoms with Gasteiger partial charge in [0.15, 0.2) is 0 Å². The first-order valence-electron chi connectivity index (χ1n) is 3.65. The fourth-order valence-electron chi connectivity index (χ4n) is 0.593. The molecular weight excluding hydrogens is 160 g/mol. The van der Waals surface area contributed by atoms with E-state index in [2.05, 4.69) is 13.1 Å². The molecule has 0 bridgehead atoms. The molecule has 0 unspecified atom stereocenters. The number of allylic oxidation sites excluding steroid dienone is 1. The van der Waals surface area contributed by atoms with Gasteiger partial charge in [0.25, 0.3) is 0 Å². The predicted molar refractivity (Wildman–Crippen MR) is 49.4 cm³/mol. The molecule has 0 fully saturated rings. The number of hydrogen-bond donors (Lipinski definition) is 0. The third kappa shape index (κ3) is 3.73. The van der Waals surface area contributed by atoms with Gasteiger partial charge in [0.1, 0.15) is 0 Å². The van der Waals surface area contributed by atoms with Gasteiger partial charge in [0.05, 0.1) is 0 Å². The van der Waals surface area contributed by atoms with Gasteiger partial charge in [-0.1, -0.05) is 0 Å². The normalized spacial score (nSPS) is 11.2. The van der Waals surface area contributed by atoms with Gasteiger partial charge in [-0.3, -0.25) is 0 Å². The third-order valence-corrected chi connectivity index (χ3v) is 2.06. The molecule has 0 aliphatic heterocycles. The molecule has 0 aliphatic rings. The Labute approximate surface area is 67.5 Å². The molecule has 0 aromatic rings. The molecule has 4 heteroatoms. The highest BCUT2D eigenvalue weighted by molar-refractivity contribution is 6.26. The van der Waals surface area contributed by atoms with Gasteiger partial charge in [0, 0.05) is 5.57 Å². The Balaban J connectivity index is 3.86. The lowest BCUT2D eigenvalue weighted by atomic mass is 10.4. The molecule has 0 saturated heterocycles. The van der Waals surface area contributed by atoms with Crippen molar-refractivity contribution >= 4 is 19.5 Å². The van der Waals surface area contributed by atoms with E-state index in [0.717, 1.165) is 11.5 Å². The first kappa shape index (κ1) is 9.77. The Morgan fingerprint density at radius 3 is 1.60 bits per heavy atom. The van der Waals surface area contributed by atoms with Crippen LogP contribution in [0.15, 0.2) is 11.5 Å². The summed E-state index contributed by atoms with van der Waals surface area (Å²) >= 11 is 0. The van der Waals surface area contributed by atoms with Crippen LogP contribution < -0.4 is 0 Å². The highest BCUT2D eigenvalue weighted by atomic mass is 28.2. The Morgan fingerprint density at radius 2 is 1.40 bits per heavy atom. The number of hydrogen-bond acceptors (Lipinski definition) is 2. The lowest BCUT2D eigenvalue weighted by Gasteiger charge is -2.11. The van der Waals surface area contributed by atoms with Crippen LogP contribution in [0.4, 0.5) is 0 Å². The number of rotatable bonds is 4. The van der Waals surface area contributed by atoms with Crippen LogP contribution in [-0.2, 0) is 8.85 Å². The molecule has 0 heterocycles. The summed E-state index contributed by atoms with van der Waals surface area (Å²) in [6, 6.07) is 0. The molecule has 0 radical (unpaired) electrons. The summed E-state index contributed by atoms with van der Waals surface area (Å²) in [6.45, 7) is 8.24. The molecule has 0 amide bonds. The summed E-state index contributed by atoms with van der Waals surface area (Å²) in [5, 5.41) is 0. The predicted octanol–water partition coefficient (Wildman–Crippen LogP) is 0.535. The fourth-order valence-corrected chi connectivity index (χ4v) is 2.03. The molecule has 60 valence electrons. The van der Waals surface area contributed by atoms with E-state index in [1.165, 1.54) is 0 Å². The van der Waals surface area contributed by atoms with Crippen molar-refractivity contribution in [3.8, 4) is 0 Å². The standard InChI is InChI=1S/C6H16O2Si2/c1-5(2)6(7-9-3)8-10-4/h9-10H2,1-4H3. The smallest absolute Gasteiger partial charge is 0.249 e. The Kier molecular flexibility index (Phi) is 5.42. The Morgan fingerprint density at radius 1 is 1.00 bits per heavy atom. The highest BCUT2D eigenvalue weighted by Gasteiger charge is 1.97. The molecule has 0 spiro atoms. The van der Waals surface area contributed by atoms with Gasteiger partial charge in [-0.15, -0.1) is 0 Å². The van der Waals surface area contributed by atoms with Gasteiger partial charge in [-0.05, 0) is 26.9 Å². The minimum Gasteiger partial charge on any atom is -0.526 e. The molecule has 10 heavy (non-hydrogen) atoms. The van der Waals surface area contributed by atoms with Crippen molar-refractivity contribution < 1.29 is 8.85 Å². The summed E-state index contributed by atoms with van der Waals surface area (Å²) < 4.78 is 10.7. The van der Waals surface area contributed by atoms with Crippen molar-refractivity contribution in [3.05, 3.63) is 11.5 Å². The zero-order chi connectivity index (χ0) is 7.98. The van der Waals surface area contributed by atoms with E-state index in [1.807, 2.05) is 13.8 Å². The molecule has 0 saturated carbocycles. The second-order valence-electron chi connectivity index (χ2n) is 2.15. The zero-order valence-electron chi connectivity index (χ0n) is 7.23. The second kappa shape index (κ2) is 5.55. The largest absolute Gasteiger partial charge is 0.526 e. The van der Waals surface area contributed by atoms with Gasteiger partial charge >= 0.3 is 0 Å². The van der Waals surface area contributed by atoms with Crippen LogP contribution in [0.5, 0.6) is 0 Å². The highest BCUT2D eigenvalue weighted by Crippen LogP contribution is 2.04. The minimum atomic E-state index is -0.357. The molecule has 0 aliphatic carbocycles. The third-order valence-electron chi connectivity index (χ3n) is 0.959. The quantitative estimate of drug-likeness (QED) is 0.460. The first-order valence-corrected chi connectivity index (χ1v) is 7.63. The Bertz CT molecular complexity index is 111. The maximum absolute atomic E-state index is 5.37. The van der Waals surface area contributed by atoms with E-state index >= 15 is 0 Å². The topological polar surface area (TPSA) is 18.5 Å². The summed E-state index contributed by atoms with van der Waals surface area (Å²) in [4.78, 5) is 0. The molecule has 2 nitrogen and oxygen atoms in total. The van der Waals surface area contributed by atoms with E-state index in [0.29, 0.717) is 0 Å². The van der Waals surface area contributed by atoms with E-state index in [9.17, 15) is 0 Å². The van der Waals surface area contributed by atoms with Gasteiger partial charge in [-0.2, -0.15) is 0 Å². The maximum atomic E-state index is 5.37. The van der Waals surface area contributed by atoms with Crippen LogP contribution in [0.25, 0.3) is 0 Å². The molecule has 0 aromatic heterocycles. The Hall–Kier alpha value is -0.226. The van der Waals surface area contributed by atoms with Gasteiger partial charge in [-0.25, -0.2) is 0 Å². The van der Waals surface area contributed by atoms with Crippen molar-refractivity contribution in [1.29, 1.82) is 0 Å². The molecule has 0 aromatic carbocycles. The summed E-state index contributed by atoms with van der Waals surface area (Å²) in [5.74, 6) is 0.795.